The van der Waals surface area contributed by atoms with E-state index in [1.807, 2.05) is 31.2 Å². The van der Waals surface area contributed by atoms with E-state index >= 15 is 0 Å². The number of hydrogen-bond acceptors (Lipinski definition) is 7. The van der Waals surface area contributed by atoms with Gasteiger partial charge in [0.2, 0.25) is 5.13 Å². The van der Waals surface area contributed by atoms with Crippen LogP contribution in [0.3, 0.4) is 0 Å². The van der Waals surface area contributed by atoms with Gasteiger partial charge in [0.15, 0.2) is 10.8 Å². The number of carbonyl (C=O) groups excluding carboxylic acids is 1. The summed E-state index contributed by atoms with van der Waals surface area (Å²) >= 11 is 1.30. The van der Waals surface area contributed by atoms with Gasteiger partial charge in [-0.3, -0.25) is 10.3 Å². The molecule has 1 saturated heterocycles. The van der Waals surface area contributed by atoms with Crippen molar-refractivity contribution >= 4 is 22.5 Å². The van der Waals surface area contributed by atoms with Gasteiger partial charge in [0.25, 0.3) is 0 Å². The fourth-order valence-corrected chi connectivity index (χ4v) is 3.59. The van der Waals surface area contributed by atoms with Crippen LogP contribution in [0.4, 0.5) is 9.93 Å². The Bertz CT molecular complexity index is 878. The fraction of sp³-hybridized carbons (Fsp3) is 0.312. The van der Waals surface area contributed by atoms with E-state index in [0.717, 1.165) is 30.0 Å². The van der Waals surface area contributed by atoms with Gasteiger partial charge in [0.05, 0.1) is 11.7 Å². The van der Waals surface area contributed by atoms with Crippen LogP contribution in [0.25, 0.3) is 10.7 Å². The number of nitrogens with zero attached hydrogens (tertiary/aromatic N) is 5. The average Bonchev–Trinajstić information content (AvgIpc) is 3.35. The molecule has 4 rings (SSSR count). The summed E-state index contributed by atoms with van der Waals surface area (Å²) in [5, 5.41) is 16.0. The highest BCUT2D eigenvalue weighted by molar-refractivity contribution is 7.18. The van der Waals surface area contributed by atoms with Gasteiger partial charge in [0, 0.05) is 18.8 Å². The topological polar surface area (TPSA) is 97.0 Å². The summed E-state index contributed by atoms with van der Waals surface area (Å²) in [7, 11) is 0. The summed E-state index contributed by atoms with van der Waals surface area (Å²) in [5.74, 6) is 0.719. The Morgan fingerprint density at radius 3 is 3.08 bits per heavy atom. The minimum Gasteiger partial charge on any atom is -0.359 e. The highest BCUT2D eigenvalue weighted by Gasteiger charge is 2.33. The van der Waals surface area contributed by atoms with Gasteiger partial charge >= 0.3 is 6.03 Å². The maximum atomic E-state index is 12.6. The third-order valence-corrected chi connectivity index (χ3v) is 4.87. The second-order valence-corrected chi connectivity index (χ2v) is 6.76. The molecule has 0 bridgehead atoms. The molecule has 0 saturated carbocycles. The van der Waals surface area contributed by atoms with Crippen LogP contribution < -0.4 is 5.32 Å². The molecule has 0 aromatic carbocycles. The number of nitrogens with one attached hydrogen (secondary N) is 1. The number of likely N-dealkylation sites (tertiary alicyclic amines) is 1. The number of amides is 2. The number of pyridine rings is 1. The highest BCUT2D eigenvalue weighted by Crippen LogP contribution is 2.33. The maximum Gasteiger partial charge on any atom is 0.324 e. The first kappa shape index (κ1) is 15.7. The van der Waals surface area contributed by atoms with E-state index in [0.29, 0.717) is 16.7 Å². The molecule has 2 amide bonds. The number of urea groups is 1. The van der Waals surface area contributed by atoms with E-state index in [1.165, 1.54) is 11.3 Å². The van der Waals surface area contributed by atoms with Crippen LogP contribution in [0.15, 0.2) is 35.0 Å². The van der Waals surface area contributed by atoms with Crippen LogP contribution in [-0.4, -0.2) is 37.8 Å². The first-order valence-corrected chi connectivity index (χ1v) is 8.78. The molecule has 1 fully saturated rings. The molecule has 128 valence electrons. The monoisotopic (exact) mass is 356 g/mol. The Morgan fingerprint density at radius 1 is 1.40 bits per heavy atom. The lowest BCUT2D eigenvalue weighted by Crippen LogP contribution is -2.34. The van der Waals surface area contributed by atoms with Gasteiger partial charge < -0.3 is 9.42 Å². The summed E-state index contributed by atoms with van der Waals surface area (Å²) in [5.41, 5.74) is 1.54. The maximum absolute atomic E-state index is 12.6. The smallest absolute Gasteiger partial charge is 0.324 e. The molecular formula is C16H16N6O2S. The van der Waals surface area contributed by atoms with Crippen LogP contribution in [0.2, 0.25) is 0 Å². The van der Waals surface area contributed by atoms with E-state index in [-0.39, 0.29) is 12.1 Å². The summed E-state index contributed by atoms with van der Waals surface area (Å²) in [6, 6.07) is 7.15. The van der Waals surface area contributed by atoms with E-state index in [2.05, 4.69) is 25.7 Å². The van der Waals surface area contributed by atoms with E-state index < -0.39 is 0 Å². The van der Waals surface area contributed by atoms with E-state index in [9.17, 15) is 4.79 Å². The minimum absolute atomic E-state index is 0.0932. The predicted molar refractivity (Wildman–Crippen MR) is 92.1 cm³/mol. The second kappa shape index (κ2) is 6.60. The second-order valence-electron chi connectivity index (χ2n) is 5.78. The predicted octanol–water partition coefficient (Wildman–Crippen LogP) is 3.27. The lowest BCUT2D eigenvalue weighted by Gasteiger charge is -2.22. The zero-order valence-corrected chi connectivity index (χ0v) is 14.4. The van der Waals surface area contributed by atoms with Crippen molar-refractivity contribution < 1.29 is 9.32 Å². The van der Waals surface area contributed by atoms with Crippen molar-refractivity contribution in [2.45, 2.75) is 25.8 Å². The highest BCUT2D eigenvalue weighted by atomic mass is 32.1. The summed E-state index contributed by atoms with van der Waals surface area (Å²) in [6.07, 6.45) is 3.48. The zero-order valence-electron chi connectivity index (χ0n) is 13.5. The van der Waals surface area contributed by atoms with Crippen molar-refractivity contribution in [2.24, 2.45) is 0 Å². The zero-order chi connectivity index (χ0) is 17.2. The molecule has 1 N–H and O–H groups in total. The third-order valence-electron chi connectivity index (χ3n) is 4.01. The number of anilines is 1. The van der Waals surface area contributed by atoms with E-state index in [4.69, 9.17) is 4.52 Å². The standard InChI is InChI=1S/C16H16N6O2S/c1-10-9-13(24-21-10)12-6-4-8-22(12)16(23)18-15-20-19-14(25-15)11-5-2-3-7-17-11/h2-3,5,7,9,12H,4,6,8H2,1H3,(H,18,20,23)/t12-/m1/s1. The van der Waals surface area contributed by atoms with Crippen LogP contribution in [0, 0.1) is 6.92 Å². The Labute approximate surface area is 147 Å². The van der Waals surface area contributed by atoms with Gasteiger partial charge in [-0.1, -0.05) is 22.6 Å². The minimum atomic E-state index is -0.208. The van der Waals surface area contributed by atoms with Gasteiger partial charge in [-0.05, 0) is 31.9 Å². The van der Waals surface area contributed by atoms with Crippen molar-refractivity contribution in [3.63, 3.8) is 0 Å². The molecular weight excluding hydrogens is 340 g/mol. The van der Waals surface area contributed by atoms with Gasteiger partial charge in [-0.2, -0.15) is 0 Å². The summed E-state index contributed by atoms with van der Waals surface area (Å²) in [6.45, 7) is 2.54. The van der Waals surface area contributed by atoms with Gasteiger partial charge in [-0.15, -0.1) is 10.2 Å². The van der Waals surface area contributed by atoms with Gasteiger partial charge in [-0.25, -0.2) is 4.79 Å². The number of carbonyl (C=O) groups is 1. The normalized spacial score (nSPS) is 17.0. The molecule has 0 radical (unpaired) electrons. The SMILES string of the molecule is Cc1cc([C@H]2CCCN2C(=O)Nc2nnc(-c3ccccn3)s2)on1. The molecule has 1 aliphatic rings. The molecule has 0 aliphatic carbocycles. The molecule has 0 spiro atoms. The van der Waals surface area contributed by atoms with Crippen LogP contribution >= 0.6 is 11.3 Å². The third kappa shape index (κ3) is 3.22. The fourth-order valence-electron chi connectivity index (χ4n) is 2.88. The molecule has 3 aromatic rings. The molecule has 8 nitrogen and oxygen atoms in total. The Balaban J connectivity index is 1.47. The molecule has 3 aromatic heterocycles. The largest absolute Gasteiger partial charge is 0.359 e. The molecule has 1 aliphatic heterocycles. The van der Waals surface area contributed by atoms with Crippen molar-refractivity contribution in [3.8, 4) is 10.7 Å². The average molecular weight is 356 g/mol. The lowest BCUT2D eigenvalue weighted by atomic mass is 10.1. The summed E-state index contributed by atoms with van der Waals surface area (Å²) in [4.78, 5) is 18.6. The molecule has 0 unspecified atom stereocenters. The Morgan fingerprint density at radius 2 is 2.32 bits per heavy atom. The summed E-state index contributed by atoms with van der Waals surface area (Å²) < 4.78 is 5.34. The van der Waals surface area contributed by atoms with E-state index in [1.54, 1.807) is 11.1 Å². The first-order valence-electron chi connectivity index (χ1n) is 7.96. The molecule has 1 atom stereocenters. The number of hydrogen-bond donors (Lipinski definition) is 1. The Hall–Kier alpha value is -2.81. The van der Waals surface area contributed by atoms with Crippen molar-refractivity contribution in [1.82, 2.24) is 25.2 Å². The molecule has 25 heavy (non-hydrogen) atoms. The van der Waals surface area contributed by atoms with Crippen LogP contribution in [0.5, 0.6) is 0 Å². The van der Waals surface area contributed by atoms with Gasteiger partial charge in [0.1, 0.15) is 5.69 Å². The Kier molecular flexibility index (Phi) is 4.14. The quantitative estimate of drug-likeness (QED) is 0.773. The molecule has 9 heteroatoms. The van der Waals surface area contributed by atoms with Crippen LogP contribution in [0.1, 0.15) is 30.3 Å². The first-order chi connectivity index (χ1) is 12.2. The number of rotatable bonds is 3. The number of aromatic nitrogens is 4. The lowest BCUT2D eigenvalue weighted by molar-refractivity contribution is 0.195. The van der Waals surface area contributed by atoms with Crippen molar-refractivity contribution in [1.29, 1.82) is 0 Å². The van der Waals surface area contributed by atoms with Crippen LogP contribution in [-0.2, 0) is 0 Å². The van der Waals surface area contributed by atoms with Crippen molar-refractivity contribution in [2.75, 3.05) is 11.9 Å². The van der Waals surface area contributed by atoms with Crippen molar-refractivity contribution in [3.05, 3.63) is 41.9 Å². The number of aryl methyl sites for hydroxylation is 1. The molecule has 4 heterocycles.